The number of carbonyl (C=O) groups is 1. The van der Waals surface area contributed by atoms with Crippen LogP contribution in [0.1, 0.15) is 44.4 Å². The van der Waals surface area contributed by atoms with E-state index < -0.39 is 29.0 Å². The van der Waals surface area contributed by atoms with Crippen LogP contribution in [0.4, 0.5) is 0 Å². The Morgan fingerprint density at radius 2 is 1.06 bits per heavy atom. The molecule has 0 amide bonds. The van der Waals surface area contributed by atoms with Gasteiger partial charge in [-0.15, -0.1) is 0 Å². The van der Waals surface area contributed by atoms with Gasteiger partial charge in [0.2, 0.25) is 0 Å². The maximum absolute atomic E-state index is 13.9. The van der Waals surface area contributed by atoms with Crippen molar-refractivity contribution in [2.45, 2.75) is 23.0 Å². The molecule has 5 unspecified atom stereocenters. The first kappa shape index (κ1) is 20.1. The highest BCUT2D eigenvalue weighted by Crippen LogP contribution is 2.70. The van der Waals surface area contributed by atoms with E-state index in [-0.39, 0.29) is 5.78 Å². The van der Waals surface area contributed by atoms with E-state index in [9.17, 15) is 15.0 Å². The minimum atomic E-state index is -1.77. The van der Waals surface area contributed by atoms with Crippen LogP contribution < -0.4 is 0 Å². The number of fused-ring (bicyclic) bond motifs is 3. The second-order valence-corrected chi connectivity index (χ2v) is 9.11. The second-order valence-electron chi connectivity index (χ2n) is 9.11. The van der Waals surface area contributed by atoms with Crippen molar-refractivity contribution in [1.82, 2.24) is 0 Å². The molecular formula is C30H24O3. The number of hydrogen-bond acceptors (Lipinski definition) is 3. The molecule has 2 N–H and O–H groups in total. The van der Waals surface area contributed by atoms with Crippen LogP contribution in [0.25, 0.3) is 0 Å². The quantitative estimate of drug-likeness (QED) is 0.470. The van der Waals surface area contributed by atoms with Crippen LogP contribution in [-0.2, 0) is 11.2 Å². The van der Waals surface area contributed by atoms with Crippen LogP contribution in [0, 0.1) is 5.92 Å². The van der Waals surface area contributed by atoms with E-state index in [4.69, 9.17) is 0 Å². The van der Waals surface area contributed by atoms with Crippen LogP contribution >= 0.6 is 0 Å². The summed E-state index contributed by atoms with van der Waals surface area (Å²) in [5, 5.41) is 25.4. The van der Waals surface area contributed by atoms with Crippen molar-refractivity contribution >= 4 is 5.78 Å². The molecule has 1 saturated carbocycles. The smallest absolute Gasteiger partial charge is 0.170 e. The van der Waals surface area contributed by atoms with E-state index in [2.05, 4.69) is 0 Å². The predicted octanol–water partition coefficient (Wildman–Crippen LogP) is 5.16. The van der Waals surface area contributed by atoms with Gasteiger partial charge in [0.1, 0.15) is 11.2 Å². The van der Waals surface area contributed by atoms with E-state index >= 15 is 0 Å². The molecule has 4 aromatic carbocycles. The summed E-state index contributed by atoms with van der Waals surface area (Å²) >= 11 is 0. The molecule has 0 saturated heterocycles. The SMILES string of the molecule is O=C1c2ccccc2C2(O)C1C(c1ccccc1)C(c1ccccc1)C2(O)c1ccccc1. The zero-order chi connectivity index (χ0) is 22.6. The fourth-order valence-electron chi connectivity index (χ4n) is 6.37. The van der Waals surface area contributed by atoms with Crippen LogP contribution in [0.2, 0.25) is 0 Å². The molecule has 0 aliphatic heterocycles. The molecule has 5 atom stereocenters. The van der Waals surface area contributed by atoms with E-state index in [0.717, 1.165) is 11.1 Å². The highest BCUT2D eigenvalue weighted by atomic mass is 16.4. The van der Waals surface area contributed by atoms with E-state index in [1.54, 1.807) is 12.1 Å². The molecule has 33 heavy (non-hydrogen) atoms. The number of Topliss-reactive ketones (excluding diaryl/α,β-unsaturated/α-hetero) is 1. The molecular weight excluding hydrogens is 408 g/mol. The molecule has 1 fully saturated rings. The van der Waals surface area contributed by atoms with Gasteiger partial charge in [-0.05, 0) is 22.3 Å². The van der Waals surface area contributed by atoms with Crippen LogP contribution in [0.15, 0.2) is 115 Å². The first-order chi connectivity index (χ1) is 16.1. The largest absolute Gasteiger partial charge is 0.381 e. The van der Waals surface area contributed by atoms with Gasteiger partial charge in [-0.1, -0.05) is 115 Å². The Morgan fingerprint density at radius 3 is 1.70 bits per heavy atom. The molecule has 3 heteroatoms. The Morgan fingerprint density at radius 1 is 0.545 bits per heavy atom. The summed E-state index contributed by atoms with van der Waals surface area (Å²) in [6.07, 6.45) is 0. The van der Waals surface area contributed by atoms with E-state index in [0.29, 0.717) is 16.7 Å². The lowest BCUT2D eigenvalue weighted by Crippen LogP contribution is -2.49. The minimum Gasteiger partial charge on any atom is -0.381 e. The van der Waals surface area contributed by atoms with Crippen LogP contribution in [-0.4, -0.2) is 16.0 Å². The Balaban J connectivity index is 1.73. The Bertz CT molecular complexity index is 1320. The standard InChI is InChI=1S/C30H24O3/c31-28-23-18-10-11-19-24(23)30(33)27(28)25(20-12-4-1-5-13-20)26(21-14-6-2-7-15-21)29(30,32)22-16-8-3-9-17-22/h1-19,25-27,32-33H. The number of carbonyl (C=O) groups excluding carboxylic acids is 1. The topological polar surface area (TPSA) is 57.5 Å². The Labute approximate surface area is 193 Å². The second kappa shape index (κ2) is 7.24. The lowest BCUT2D eigenvalue weighted by atomic mass is 9.69. The lowest BCUT2D eigenvalue weighted by Gasteiger charge is -2.42. The highest BCUT2D eigenvalue weighted by Gasteiger charge is 2.75. The molecule has 162 valence electrons. The van der Waals surface area contributed by atoms with E-state index in [1.165, 1.54) is 0 Å². The summed E-state index contributed by atoms with van der Waals surface area (Å²) in [6.45, 7) is 0. The van der Waals surface area contributed by atoms with Crippen molar-refractivity contribution in [3.05, 3.63) is 143 Å². The summed E-state index contributed by atoms with van der Waals surface area (Å²) in [6, 6.07) is 36.1. The predicted molar refractivity (Wildman–Crippen MR) is 127 cm³/mol. The average molecular weight is 433 g/mol. The summed E-state index contributed by atoms with van der Waals surface area (Å²) < 4.78 is 0. The van der Waals surface area contributed by atoms with Gasteiger partial charge in [-0.3, -0.25) is 4.79 Å². The van der Waals surface area contributed by atoms with Gasteiger partial charge >= 0.3 is 0 Å². The van der Waals surface area contributed by atoms with Crippen molar-refractivity contribution in [3.63, 3.8) is 0 Å². The Hall–Kier alpha value is -3.53. The third kappa shape index (κ3) is 2.55. The number of aliphatic hydroxyl groups is 2. The summed E-state index contributed by atoms with van der Waals surface area (Å²) in [7, 11) is 0. The first-order valence-corrected chi connectivity index (χ1v) is 11.3. The van der Waals surface area contributed by atoms with Crippen molar-refractivity contribution < 1.29 is 15.0 Å². The Kier molecular flexibility index (Phi) is 4.41. The lowest BCUT2D eigenvalue weighted by molar-refractivity contribution is -0.159. The number of benzene rings is 4. The number of hydrogen-bond donors (Lipinski definition) is 2. The minimum absolute atomic E-state index is 0.116. The third-order valence-electron chi connectivity index (χ3n) is 7.64. The molecule has 4 aromatic rings. The molecule has 0 spiro atoms. The molecule has 2 aliphatic rings. The normalized spacial score (nSPS) is 30.1. The molecule has 0 aromatic heterocycles. The van der Waals surface area contributed by atoms with Gasteiger partial charge in [0.15, 0.2) is 5.78 Å². The molecule has 0 bridgehead atoms. The average Bonchev–Trinajstić information content (AvgIpc) is 3.24. The van der Waals surface area contributed by atoms with Gasteiger partial charge in [0.05, 0.1) is 5.92 Å². The highest BCUT2D eigenvalue weighted by molar-refractivity contribution is 6.05. The molecule has 2 aliphatic carbocycles. The zero-order valence-electron chi connectivity index (χ0n) is 18.0. The van der Waals surface area contributed by atoms with Gasteiger partial charge in [0, 0.05) is 17.4 Å². The first-order valence-electron chi connectivity index (χ1n) is 11.3. The monoisotopic (exact) mass is 432 g/mol. The van der Waals surface area contributed by atoms with Gasteiger partial charge < -0.3 is 10.2 Å². The van der Waals surface area contributed by atoms with Crippen LogP contribution in [0.3, 0.4) is 0 Å². The third-order valence-corrected chi connectivity index (χ3v) is 7.64. The van der Waals surface area contributed by atoms with Gasteiger partial charge in [-0.2, -0.15) is 0 Å². The van der Waals surface area contributed by atoms with Crippen molar-refractivity contribution in [2.24, 2.45) is 5.92 Å². The fourth-order valence-corrected chi connectivity index (χ4v) is 6.37. The zero-order valence-corrected chi connectivity index (χ0v) is 18.0. The van der Waals surface area contributed by atoms with Gasteiger partial charge in [0.25, 0.3) is 0 Å². The van der Waals surface area contributed by atoms with Crippen molar-refractivity contribution in [3.8, 4) is 0 Å². The van der Waals surface area contributed by atoms with Crippen molar-refractivity contribution in [2.75, 3.05) is 0 Å². The fraction of sp³-hybridized carbons (Fsp3) is 0.167. The maximum Gasteiger partial charge on any atom is 0.170 e. The summed E-state index contributed by atoms with van der Waals surface area (Å²) in [5.41, 5.74) is -0.0630. The molecule has 6 rings (SSSR count). The van der Waals surface area contributed by atoms with Crippen LogP contribution in [0.5, 0.6) is 0 Å². The maximum atomic E-state index is 13.9. The van der Waals surface area contributed by atoms with Crippen molar-refractivity contribution in [1.29, 1.82) is 0 Å². The molecule has 3 nitrogen and oxygen atoms in total. The summed E-state index contributed by atoms with van der Waals surface area (Å²) in [5.74, 6) is -1.87. The van der Waals surface area contributed by atoms with Gasteiger partial charge in [-0.25, -0.2) is 0 Å². The number of rotatable bonds is 3. The van der Waals surface area contributed by atoms with E-state index in [1.807, 2.05) is 103 Å². The summed E-state index contributed by atoms with van der Waals surface area (Å²) in [4.78, 5) is 13.9. The molecule has 0 heterocycles. The number of ketones is 1. The molecule has 0 radical (unpaired) electrons.